The Kier molecular flexibility index (Phi) is 3.84. The van der Waals surface area contributed by atoms with Crippen LogP contribution in [0.2, 0.25) is 0 Å². The highest BCUT2D eigenvalue weighted by Gasteiger charge is 2.30. The summed E-state index contributed by atoms with van der Waals surface area (Å²) in [5.41, 5.74) is 5.38. The molecule has 1 aliphatic heterocycles. The molecule has 1 rings (SSSR count). The Hall–Kier alpha value is -1.14. The Balaban J connectivity index is 2.60. The van der Waals surface area contributed by atoms with Crippen LogP contribution in [0, 0.1) is 0 Å². The lowest BCUT2D eigenvalue weighted by Crippen LogP contribution is -2.56. The molecule has 0 saturated carbocycles. The smallest absolute Gasteiger partial charge is 0.305 e. The van der Waals surface area contributed by atoms with Crippen LogP contribution in [-0.4, -0.2) is 54.1 Å². The minimum absolute atomic E-state index is 0.161. The molecule has 1 saturated heterocycles. The molecule has 14 heavy (non-hydrogen) atoms. The Morgan fingerprint density at radius 2 is 2.43 bits per heavy atom. The second-order valence-electron chi connectivity index (χ2n) is 3.23. The maximum Gasteiger partial charge on any atom is 0.305 e. The number of aliphatic carboxylic acids is 1. The predicted molar refractivity (Wildman–Crippen MR) is 49.7 cm³/mol. The van der Waals surface area contributed by atoms with Crippen molar-refractivity contribution >= 4 is 11.9 Å². The van der Waals surface area contributed by atoms with E-state index in [0.29, 0.717) is 26.2 Å². The highest BCUT2D eigenvalue weighted by atomic mass is 16.4. The van der Waals surface area contributed by atoms with Crippen LogP contribution in [0.5, 0.6) is 0 Å². The van der Waals surface area contributed by atoms with Crippen LogP contribution in [0.1, 0.15) is 6.42 Å². The van der Waals surface area contributed by atoms with Gasteiger partial charge in [-0.25, -0.2) is 0 Å². The molecule has 0 aliphatic carbocycles. The van der Waals surface area contributed by atoms with Crippen LogP contribution < -0.4 is 11.1 Å². The number of carboxylic acid groups (broad SMARTS) is 1. The van der Waals surface area contributed by atoms with Crippen LogP contribution in [0.15, 0.2) is 0 Å². The van der Waals surface area contributed by atoms with Crippen LogP contribution in [0.25, 0.3) is 0 Å². The molecule has 0 aromatic heterocycles. The van der Waals surface area contributed by atoms with Gasteiger partial charge in [0.25, 0.3) is 0 Å². The number of carbonyl (C=O) groups excluding carboxylic acids is 1. The summed E-state index contributed by atoms with van der Waals surface area (Å²) in [5, 5.41) is 11.3. The zero-order valence-corrected chi connectivity index (χ0v) is 7.90. The third-order valence-electron chi connectivity index (χ3n) is 2.23. The van der Waals surface area contributed by atoms with Crippen molar-refractivity contribution in [2.45, 2.75) is 12.5 Å². The molecule has 0 spiro atoms. The van der Waals surface area contributed by atoms with E-state index in [1.165, 1.54) is 0 Å². The highest BCUT2D eigenvalue weighted by Crippen LogP contribution is 2.07. The summed E-state index contributed by atoms with van der Waals surface area (Å²) in [6.07, 6.45) is -0.161. The van der Waals surface area contributed by atoms with E-state index in [4.69, 9.17) is 10.8 Å². The number of nitrogens with zero attached hydrogens (tertiary/aromatic N) is 1. The molecule has 6 nitrogen and oxygen atoms in total. The van der Waals surface area contributed by atoms with Crippen molar-refractivity contribution in [3.63, 3.8) is 0 Å². The second kappa shape index (κ2) is 4.92. The summed E-state index contributed by atoms with van der Waals surface area (Å²) in [5.74, 6) is -1.18. The van der Waals surface area contributed by atoms with Crippen molar-refractivity contribution in [2.24, 2.45) is 5.73 Å². The summed E-state index contributed by atoms with van der Waals surface area (Å²) in [6.45, 7) is 2.23. The van der Waals surface area contributed by atoms with Gasteiger partial charge in [0.1, 0.15) is 0 Å². The van der Waals surface area contributed by atoms with Gasteiger partial charge in [0.15, 0.2) is 0 Å². The van der Waals surface area contributed by atoms with Gasteiger partial charge in [0, 0.05) is 26.2 Å². The molecule has 1 atom stereocenters. The molecule has 80 valence electrons. The van der Waals surface area contributed by atoms with E-state index in [1.54, 1.807) is 0 Å². The highest BCUT2D eigenvalue weighted by molar-refractivity contribution is 5.86. The molecule has 1 fully saturated rings. The Labute approximate surface area is 82.1 Å². The fourth-order valence-corrected chi connectivity index (χ4v) is 1.58. The molecule has 0 bridgehead atoms. The lowest BCUT2D eigenvalue weighted by atomic mass is 10.1. The summed E-state index contributed by atoms with van der Waals surface area (Å²) in [6, 6.07) is -0.565. The normalized spacial score (nSPS) is 23.2. The van der Waals surface area contributed by atoms with Crippen LogP contribution in [0.3, 0.4) is 0 Å². The standard InChI is InChI=1S/C8H15N3O3/c9-1-3-11-4-2-10-8(14)6(11)5-7(12)13/h6H,1-5,9H2,(H,10,14)(H,12,13). The van der Waals surface area contributed by atoms with Crippen molar-refractivity contribution in [1.82, 2.24) is 10.2 Å². The topological polar surface area (TPSA) is 95.7 Å². The van der Waals surface area contributed by atoms with E-state index in [9.17, 15) is 9.59 Å². The van der Waals surface area contributed by atoms with Gasteiger partial charge < -0.3 is 16.2 Å². The van der Waals surface area contributed by atoms with Crippen molar-refractivity contribution < 1.29 is 14.7 Å². The fourth-order valence-electron chi connectivity index (χ4n) is 1.58. The molecule has 4 N–H and O–H groups in total. The van der Waals surface area contributed by atoms with E-state index < -0.39 is 12.0 Å². The number of nitrogens with one attached hydrogen (secondary N) is 1. The minimum atomic E-state index is -0.964. The average Bonchev–Trinajstić information content (AvgIpc) is 2.11. The van der Waals surface area contributed by atoms with Gasteiger partial charge in [-0.2, -0.15) is 0 Å². The van der Waals surface area contributed by atoms with Crippen LogP contribution in [0.4, 0.5) is 0 Å². The van der Waals surface area contributed by atoms with Crippen molar-refractivity contribution in [3.8, 4) is 0 Å². The molecular weight excluding hydrogens is 186 g/mol. The molecule has 1 unspecified atom stereocenters. The van der Waals surface area contributed by atoms with Crippen LogP contribution >= 0.6 is 0 Å². The van der Waals surface area contributed by atoms with Crippen molar-refractivity contribution in [2.75, 3.05) is 26.2 Å². The zero-order valence-electron chi connectivity index (χ0n) is 7.90. The third kappa shape index (κ3) is 2.68. The first-order valence-corrected chi connectivity index (χ1v) is 4.58. The van der Waals surface area contributed by atoms with E-state index in [1.807, 2.05) is 4.90 Å². The summed E-state index contributed by atoms with van der Waals surface area (Å²) in [4.78, 5) is 23.7. The lowest BCUT2D eigenvalue weighted by molar-refractivity contribution is -0.143. The predicted octanol–water partition coefficient (Wildman–Crippen LogP) is -1.78. The Morgan fingerprint density at radius 3 is 3.00 bits per heavy atom. The first-order chi connectivity index (χ1) is 6.65. The molecule has 1 amide bonds. The van der Waals surface area contributed by atoms with E-state index in [0.717, 1.165) is 0 Å². The zero-order chi connectivity index (χ0) is 10.6. The summed E-state index contributed by atoms with van der Waals surface area (Å²) < 4.78 is 0. The first kappa shape index (κ1) is 10.9. The molecule has 0 radical (unpaired) electrons. The number of rotatable bonds is 4. The lowest BCUT2D eigenvalue weighted by Gasteiger charge is -2.33. The Morgan fingerprint density at radius 1 is 1.71 bits per heavy atom. The van der Waals surface area contributed by atoms with Gasteiger partial charge >= 0.3 is 5.97 Å². The van der Waals surface area contributed by atoms with Gasteiger partial charge in [-0.3, -0.25) is 14.5 Å². The van der Waals surface area contributed by atoms with E-state index in [2.05, 4.69) is 5.32 Å². The van der Waals surface area contributed by atoms with Gasteiger partial charge in [0.2, 0.25) is 5.91 Å². The van der Waals surface area contributed by atoms with Gasteiger partial charge in [-0.05, 0) is 0 Å². The maximum absolute atomic E-state index is 11.4. The molecule has 0 aromatic rings. The van der Waals surface area contributed by atoms with Crippen molar-refractivity contribution in [1.29, 1.82) is 0 Å². The van der Waals surface area contributed by atoms with Crippen molar-refractivity contribution in [3.05, 3.63) is 0 Å². The Bertz CT molecular complexity index is 230. The van der Waals surface area contributed by atoms with Gasteiger partial charge in [0.05, 0.1) is 12.5 Å². The number of amides is 1. The largest absolute Gasteiger partial charge is 0.481 e. The quantitative estimate of drug-likeness (QED) is 0.500. The first-order valence-electron chi connectivity index (χ1n) is 4.58. The number of carboxylic acids is 1. The monoisotopic (exact) mass is 201 g/mol. The SMILES string of the molecule is NCCN1CCNC(=O)C1CC(=O)O. The molecule has 6 heteroatoms. The number of carbonyl (C=O) groups is 2. The van der Waals surface area contributed by atoms with Gasteiger partial charge in [-0.15, -0.1) is 0 Å². The minimum Gasteiger partial charge on any atom is -0.481 e. The third-order valence-corrected chi connectivity index (χ3v) is 2.23. The molecule has 1 aliphatic rings. The maximum atomic E-state index is 11.4. The second-order valence-corrected chi connectivity index (χ2v) is 3.23. The van der Waals surface area contributed by atoms with E-state index in [-0.39, 0.29) is 12.3 Å². The van der Waals surface area contributed by atoms with Gasteiger partial charge in [-0.1, -0.05) is 0 Å². The number of piperazine rings is 1. The average molecular weight is 201 g/mol. The molecular formula is C8H15N3O3. The van der Waals surface area contributed by atoms with Crippen LogP contribution in [-0.2, 0) is 9.59 Å². The number of hydrogen-bond donors (Lipinski definition) is 3. The molecule has 0 aromatic carbocycles. The summed E-state index contributed by atoms with van der Waals surface area (Å²) >= 11 is 0. The van der Waals surface area contributed by atoms with E-state index >= 15 is 0 Å². The summed E-state index contributed by atoms with van der Waals surface area (Å²) in [7, 11) is 0. The number of hydrogen-bond acceptors (Lipinski definition) is 4. The fraction of sp³-hybridized carbons (Fsp3) is 0.750. The number of nitrogens with two attached hydrogens (primary N) is 1. The molecule has 1 heterocycles.